The minimum atomic E-state index is -0.0184. The van der Waals surface area contributed by atoms with E-state index in [9.17, 15) is 9.59 Å². The highest BCUT2D eigenvalue weighted by Crippen LogP contribution is 2.28. The third-order valence-electron chi connectivity index (χ3n) is 7.00. The summed E-state index contributed by atoms with van der Waals surface area (Å²) in [5.41, 5.74) is 0.621. The lowest BCUT2D eigenvalue weighted by Crippen LogP contribution is -2.54. The molecule has 1 aromatic heterocycles. The number of nitrogens with zero attached hydrogens (tertiary/aromatic N) is 3. The van der Waals surface area contributed by atoms with Crippen molar-refractivity contribution in [2.45, 2.75) is 45.2 Å². The molecule has 1 fully saturated rings. The van der Waals surface area contributed by atoms with Gasteiger partial charge in [0.1, 0.15) is 18.1 Å². The molecule has 2 aliphatic heterocycles. The number of furan rings is 1. The van der Waals surface area contributed by atoms with Crippen molar-refractivity contribution in [1.82, 2.24) is 14.7 Å². The van der Waals surface area contributed by atoms with Crippen molar-refractivity contribution in [2.24, 2.45) is 5.92 Å². The van der Waals surface area contributed by atoms with Crippen LogP contribution < -0.4 is 4.74 Å². The van der Waals surface area contributed by atoms with Crippen LogP contribution in [-0.4, -0.2) is 72.4 Å². The molecule has 0 spiro atoms. The van der Waals surface area contributed by atoms with Crippen molar-refractivity contribution in [3.05, 3.63) is 54.0 Å². The van der Waals surface area contributed by atoms with E-state index in [0.717, 1.165) is 57.6 Å². The highest BCUT2D eigenvalue weighted by Gasteiger charge is 2.35. The van der Waals surface area contributed by atoms with Crippen molar-refractivity contribution >= 4 is 11.8 Å². The summed E-state index contributed by atoms with van der Waals surface area (Å²) in [6.07, 6.45) is 5.87. The van der Waals surface area contributed by atoms with Gasteiger partial charge in [-0.25, -0.2) is 0 Å². The SMILES string of the molecule is CC(=O)N1CC[C@H]2CCCCN(Cc3ccco3)CCOc3cccc(c3)C(=O)N(C)[C@H]2C1. The number of rotatable bonds is 2. The fourth-order valence-electron chi connectivity index (χ4n) is 5.04. The number of hydrogen-bond acceptors (Lipinski definition) is 5. The number of carbonyl (C=O) groups is 2. The molecule has 2 atom stereocenters. The lowest BCUT2D eigenvalue weighted by atomic mass is 9.86. The molecule has 2 aromatic rings. The first kappa shape index (κ1) is 23.4. The van der Waals surface area contributed by atoms with E-state index < -0.39 is 0 Å². The smallest absolute Gasteiger partial charge is 0.254 e. The number of piperidine rings is 1. The molecule has 0 N–H and O–H groups in total. The highest BCUT2D eigenvalue weighted by atomic mass is 16.5. The van der Waals surface area contributed by atoms with Crippen LogP contribution in [0.25, 0.3) is 0 Å². The van der Waals surface area contributed by atoms with Gasteiger partial charge in [-0.3, -0.25) is 14.5 Å². The lowest BCUT2D eigenvalue weighted by Gasteiger charge is -2.43. The average molecular weight is 454 g/mol. The summed E-state index contributed by atoms with van der Waals surface area (Å²) < 4.78 is 11.6. The van der Waals surface area contributed by atoms with Crippen molar-refractivity contribution < 1.29 is 18.7 Å². The largest absolute Gasteiger partial charge is 0.492 e. The van der Waals surface area contributed by atoms with E-state index in [-0.39, 0.29) is 17.9 Å². The number of benzene rings is 1. The molecular weight excluding hydrogens is 418 g/mol. The van der Waals surface area contributed by atoms with Crippen LogP contribution in [0.4, 0.5) is 0 Å². The van der Waals surface area contributed by atoms with Crippen LogP contribution in [0.5, 0.6) is 5.75 Å². The van der Waals surface area contributed by atoms with Crippen LogP contribution in [0.15, 0.2) is 47.1 Å². The Balaban J connectivity index is 1.54. The molecule has 3 heterocycles. The van der Waals surface area contributed by atoms with Crippen LogP contribution in [-0.2, 0) is 11.3 Å². The van der Waals surface area contributed by atoms with Gasteiger partial charge in [0.2, 0.25) is 5.91 Å². The van der Waals surface area contributed by atoms with Crippen LogP contribution in [0.3, 0.4) is 0 Å². The maximum absolute atomic E-state index is 13.4. The van der Waals surface area contributed by atoms with Crippen molar-refractivity contribution in [1.29, 1.82) is 0 Å². The Morgan fingerprint density at radius 2 is 1.97 bits per heavy atom. The maximum atomic E-state index is 13.4. The second-order valence-electron chi connectivity index (χ2n) is 9.22. The topological polar surface area (TPSA) is 66.2 Å². The molecule has 4 rings (SSSR count). The average Bonchev–Trinajstić information content (AvgIpc) is 3.33. The Morgan fingerprint density at radius 3 is 2.76 bits per heavy atom. The van der Waals surface area contributed by atoms with Crippen molar-refractivity contribution in [2.75, 3.05) is 39.8 Å². The van der Waals surface area contributed by atoms with Gasteiger partial charge < -0.3 is 19.0 Å². The van der Waals surface area contributed by atoms with Gasteiger partial charge in [0, 0.05) is 39.2 Å². The van der Waals surface area contributed by atoms with Gasteiger partial charge in [0.15, 0.2) is 0 Å². The zero-order chi connectivity index (χ0) is 23.2. The zero-order valence-corrected chi connectivity index (χ0v) is 19.7. The molecular formula is C26H35N3O4. The predicted molar refractivity (Wildman–Crippen MR) is 126 cm³/mol. The number of fused-ring (bicyclic) bond motifs is 3. The first-order chi connectivity index (χ1) is 16.0. The molecule has 0 radical (unpaired) electrons. The Bertz CT molecular complexity index is 929. The Labute approximate surface area is 196 Å². The van der Waals surface area contributed by atoms with Crippen LogP contribution in [0, 0.1) is 5.92 Å². The molecule has 1 saturated heterocycles. The molecule has 2 aliphatic rings. The van der Waals surface area contributed by atoms with Gasteiger partial charge in [0.25, 0.3) is 5.91 Å². The zero-order valence-electron chi connectivity index (χ0n) is 19.7. The Kier molecular flexibility index (Phi) is 7.70. The van der Waals surface area contributed by atoms with Crippen molar-refractivity contribution in [3.8, 4) is 5.75 Å². The second kappa shape index (κ2) is 10.9. The summed E-state index contributed by atoms with van der Waals surface area (Å²) >= 11 is 0. The second-order valence-corrected chi connectivity index (χ2v) is 9.22. The Morgan fingerprint density at radius 1 is 1.09 bits per heavy atom. The van der Waals surface area contributed by atoms with Crippen LogP contribution in [0.2, 0.25) is 0 Å². The predicted octanol–water partition coefficient (Wildman–Crippen LogP) is 3.65. The fraction of sp³-hybridized carbons (Fsp3) is 0.538. The van der Waals surface area contributed by atoms with E-state index in [4.69, 9.17) is 9.15 Å². The molecule has 2 bridgehead atoms. The minimum absolute atomic E-state index is 0.0177. The number of likely N-dealkylation sites (N-methyl/N-ethyl adjacent to an activating group) is 1. The maximum Gasteiger partial charge on any atom is 0.254 e. The molecule has 2 amide bonds. The van der Waals surface area contributed by atoms with E-state index in [1.807, 2.05) is 53.2 Å². The summed E-state index contributed by atoms with van der Waals surface area (Å²) in [5.74, 6) is 2.10. The van der Waals surface area contributed by atoms with Crippen LogP contribution in [0.1, 0.15) is 48.7 Å². The van der Waals surface area contributed by atoms with Gasteiger partial charge in [-0.2, -0.15) is 0 Å². The summed E-state index contributed by atoms with van der Waals surface area (Å²) in [6.45, 7) is 6.05. The summed E-state index contributed by atoms with van der Waals surface area (Å²) in [7, 11) is 1.88. The number of carbonyl (C=O) groups excluding carboxylic acids is 2. The van der Waals surface area contributed by atoms with E-state index in [1.165, 1.54) is 0 Å². The molecule has 0 unspecified atom stereocenters. The number of hydrogen-bond donors (Lipinski definition) is 0. The molecule has 7 nitrogen and oxygen atoms in total. The molecule has 1 aromatic carbocycles. The highest BCUT2D eigenvalue weighted by molar-refractivity contribution is 5.94. The summed E-state index contributed by atoms with van der Waals surface area (Å²) in [5, 5.41) is 0. The molecule has 0 saturated carbocycles. The van der Waals surface area contributed by atoms with E-state index >= 15 is 0 Å². The normalized spacial score (nSPS) is 23.3. The third-order valence-corrected chi connectivity index (χ3v) is 7.00. The lowest BCUT2D eigenvalue weighted by molar-refractivity contribution is -0.131. The summed E-state index contributed by atoms with van der Waals surface area (Å²) in [6, 6.07) is 11.4. The molecule has 0 aliphatic carbocycles. The minimum Gasteiger partial charge on any atom is -0.492 e. The van der Waals surface area contributed by atoms with E-state index in [2.05, 4.69) is 4.90 Å². The van der Waals surface area contributed by atoms with Gasteiger partial charge in [-0.1, -0.05) is 12.5 Å². The molecule has 7 heteroatoms. The third kappa shape index (κ3) is 5.96. The Hall–Kier alpha value is -2.80. The van der Waals surface area contributed by atoms with E-state index in [0.29, 0.717) is 30.4 Å². The van der Waals surface area contributed by atoms with Crippen LogP contribution >= 0.6 is 0 Å². The molecule has 33 heavy (non-hydrogen) atoms. The van der Waals surface area contributed by atoms with Crippen molar-refractivity contribution in [3.63, 3.8) is 0 Å². The summed E-state index contributed by atoms with van der Waals surface area (Å²) in [4.78, 5) is 31.5. The van der Waals surface area contributed by atoms with E-state index in [1.54, 1.807) is 13.2 Å². The first-order valence-electron chi connectivity index (χ1n) is 12.0. The number of amides is 2. The van der Waals surface area contributed by atoms with Gasteiger partial charge in [-0.15, -0.1) is 0 Å². The van der Waals surface area contributed by atoms with Gasteiger partial charge in [-0.05, 0) is 62.1 Å². The van der Waals surface area contributed by atoms with Gasteiger partial charge >= 0.3 is 0 Å². The number of ether oxygens (including phenoxy) is 1. The standard InChI is InChI=1S/C26H35N3O4/c1-20(30)29-13-11-21-7-3-4-12-28(18-24-10-6-15-32-24)14-16-33-23-9-5-8-22(17-23)26(31)27(2)25(21)19-29/h5-6,8-10,15,17,21,25H,3-4,7,11-14,16,18-19H2,1-2H3/t21-,25+/m1/s1. The number of likely N-dealkylation sites (tertiary alicyclic amines) is 1. The fourth-order valence-corrected chi connectivity index (χ4v) is 5.04. The first-order valence-corrected chi connectivity index (χ1v) is 12.0. The monoisotopic (exact) mass is 453 g/mol. The quantitative estimate of drug-likeness (QED) is 0.694. The van der Waals surface area contributed by atoms with Gasteiger partial charge in [0.05, 0.1) is 18.8 Å². The molecule has 178 valence electrons.